The van der Waals surface area contributed by atoms with Crippen LogP contribution >= 0.6 is 0 Å². The fourth-order valence-corrected chi connectivity index (χ4v) is 2.32. The van der Waals surface area contributed by atoms with E-state index in [1.807, 2.05) is 30.0 Å². The van der Waals surface area contributed by atoms with Gasteiger partial charge in [0.05, 0.1) is 5.56 Å². The quantitative estimate of drug-likeness (QED) is 0.851. The van der Waals surface area contributed by atoms with E-state index in [9.17, 15) is 4.79 Å². The third-order valence-electron chi connectivity index (χ3n) is 3.62. The second kappa shape index (κ2) is 6.09. The van der Waals surface area contributed by atoms with Gasteiger partial charge in [-0.3, -0.25) is 4.79 Å². The minimum atomic E-state index is 0.161. The van der Waals surface area contributed by atoms with Crippen LogP contribution in [0.25, 0.3) is 0 Å². The molecule has 2 rings (SSSR count). The largest absolute Gasteiger partial charge is 0.385 e. The van der Waals surface area contributed by atoms with Gasteiger partial charge in [-0.1, -0.05) is 11.6 Å². The fourth-order valence-electron chi connectivity index (χ4n) is 2.32. The molecule has 0 radical (unpaired) electrons. The van der Waals surface area contributed by atoms with Crippen molar-refractivity contribution in [1.29, 1.82) is 0 Å². The molecular weight excluding hydrogens is 236 g/mol. The zero-order chi connectivity index (χ0) is 13.8. The molecule has 1 aromatic carbocycles. The molecule has 1 amide bonds. The first-order valence-electron chi connectivity index (χ1n) is 7.29. The van der Waals surface area contributed by atoms with Crippen LogP contribution in [0, 0.1) is 12.8 Å². The number of carbonyl (C=O) groups excluding carboxylic acids is 1. The summed E-state index contributed by atoms with van der Waals surface area (Å²) in [5.74, 6) is 0.894. The number of nitrogens with one attached hydrogen (secondary N) is 1. The van der Waals surface area contributed by atoms with Gasteiger partial charge >= 0.3 is 0 Å². The van der Waals surface area contributed by atoms with Crippen molar-refractivity contribution in [1.82, 2.24) is 4.90 Å². The van der Waals surface area contributed by atoms with Crippen LogP contribution in [0.1, 0.15) is 42.6 Å². The summed E-state index contributed by atoms with van der Waals surface area (Å²) in [5.41, 5.74) is 2.89. The Morgan fingerprint density at radius 1 is 1.37 bits per heavy atom. The molecule has 104 valence electrons. The van der Waals surface area contributed by atoms with E-state index in [4.69, 9.17) is 0 Å². The topological polar surface area (TPSA) is 32.3 Å². The molecule has 1 N–H and O–H groups in total. The van der Waals surface area contributed by atoms with Crippen molar-refractivity contribution in [3.05, 3.63) is 29.3 Å². The van der Waals surface area contributed by atoms with E-state index in [2.05, 4.69) is 19.2 Å². The molecule has 3 heteroatoms. The summed E-state index contributed by atoms with van der Waals surface area (Å²) in [5, 5.41) is 3.28. The number of aryl methyl sites for hydroxylation is 1. The summed E-state index contributed by atoms with van der Waals surface area (Å²) in [6, 6.07) is 6.05. The number of nitrogens with zero attached hydrogens (tertiary/aromatic N) is 1. The molecule has 0 atom stereocenters. The minimum Gasteiger partial charge on any atom is -0.385 e. The summed E-state index contributed by atoms with van der Waals surface area (Å²) in [6.45, 7) is 8.67. The van der Waals surface area contributed by atoms with Crippen LogP contribution < -0.4 is 5.32 Å². The van der Waals surface area contributed by atoms with Crippen LogP contribution in [0.2, 0.25) is 0 Å². The average Bonchev–Trinajstić information content (AvgIpc) is 3.21. The highest BCUT2D eigenvalue weighted by Gasteiger charge is 2.27. The SMILES string of the molecule is CCNc1ccc(C)cc1C(=O)N(CC)CC1CC1. The van der Waals surface area contributed by atoms with E-state index in [1.165, 1.54) is 12.8 Å². The third kappa shape index (κ3) is 3.49. The van der Waals surface area contributed by atoms with Gasteiger partial charge in [-0.2, -0.15) is 0 Å². The predicted molar refractivity (Wildman–Crippen MR) is 79.6 cm³/mol. The molecule has 1 saturated carbocycles. The van der Waals surface area contributed by atoms with Crippen molar-refractivity contribution in [3.63, 3.8) is 0 Å². The molecule has 0 aromatic heterocycles. The van der Waals surface area contributed by atoms with Crippen molar-refractivity contribution in [2.75, 3.05) is 25.0 Å². The smallest absolute Gasteiger partial charge is 0.255 e. The van der Waals surface area contributed by atoms with Gasteiger partial charge in [-0.25, -0.2) is 0 Å². The zero-order valence-electron chi connectivity index (χ0n) is 12.2. The van der Waals surface area contributed by atoms with Crippen LogP contribution in [0.4, 0.5) is 5.69 Å². The maximum Gasteiger partial charge on any atom is 0.255 e. The second-order valence-electron chi connectivity index (χ2n) is 5.37. The first-order valence-corrected chi connectivity index (χ1v) is 7.29. The average molecular weight is 260 g/mol. The van der Waals surface area contributed by atoms with Gasteiger partial charge in [0.15, 0.2) is 0 Å². The Labute approximate surface area is 116 Å². The highest BCUT2D eigenvalue weighted by atomic mass is 16.2. The molecule has 19 heavy (non-hydrogen) atoms. The summed E-state index contributed by atoms with van der Waals surface area (Å²) >= 11 is 0. The molecule has 0 bridgehead atoms. The monoisotopic (exact) mass is 260 g/mol. The molecule has 1 fully saturated rings. The van der Waals surface area contributed by atoms with Crippen LogP contribution in [0.5, 0.6) is 0 Å². The standard InChI is InChI=1S/C16H24N2O/c1-4-17-15-9-6-12(3)10-14(15)16(19)18(5-2)11-13-7-8-13/h6,9-10,13,17H,4-5,7-8,11H2,1-3H3. The van der Waals surface area contributed by atoms with Crippen molar-refractivity contribution in [2.45, 2.75) is 33.6 Å². The molecule has 0 aliphatic heterocycles. The lowest BCUT2D eigenvalue weighted by Gasteiger charge is -2.22. The van der Waals surface area contributed by atoms with Gasteiger partial charge in [0, 0.05) is 25.3 Å². The molecule has 1 aliphatic carbocycles. The van der Waals surface area contributed by atoms with Crippen LogP contribution in [-0.4, -0.2) is 30.4 Å². The van der Waals surface area contributed by atoms with Crippen molar-refractivity contribution in [3.8, 4) is 0 Å². The predicted octanol–water partition coefficient (Wildman–Crippen LogP) is 3.30. The lowest BCUT2D eigenvalue weighted by atomic mass is 10.1. The Morgan fingerprint density at radius 2 is 2.11 bits per heavy atom. The van der Waals surface area contributed by atoms with Gasteiger partial charge in [0.1, 0.15) is 0 Å². The molecule has 1 aromatic rings. The summed E-state index contributed by atoms with van der Waals surface area (Å²) < 4.78 is 0. The molecule has 0 unspecified atom stereocenters. The summed E-state index contributed by atoms with van der Waals surface area (Å²) in [7, 11) is 0. The van der Waals surface area contributed by atoms with Crippen LogP contribution in [0.3, 0.4) is 0 Å². The highest BCUT2D eigenvalue weighted by Crippen LogP contribution is 2.30. The van der Waals surface area contributed by atoms with Crippen molar-refractivity contribution < 1.29 is 4.79 Å². The number of hydrogen-bond donors (Lipinski definition) is 1. The molecule has 0 heterocycles. The van der Waals surface area contributed by atoms with Crippen molar-refractivity contribution >= 4 is 11.6 Å². The Morgan fingerprint density at radius 3 is 2.68 bits per heavy atom. The number of benzene rings is 1. The molecule has 1 aliphatic rings. The first-order chi connectivity index (χ1) is 9.15. The Kier molecular flexibility index (Phi) is 4.46. The number of rotatable bonds is 6. The Bertz CT molecular complexity index is 452. The van der Waals surface area contributed by atoms with Gasteiger partial charge in [-0.15, -0.1) is 0 Å². The number of hydrogen-bond acceptors (Lipinski definition) is 2. The van der Waals surface area contributed by atoms with Gasteiger partial charge < -0.3 is 10.2 Å². The third-order valence-corrected chi connectivity index (χ3v) is 3.62. The molecule has 0 spiro atoms. The van der Waals surface area contributed by atoms with E-state index in [0.29, 0.717) is 0 Å². The number of amides is 1. The van der Waals surface area contributed by atoms with E-state index in [-0.39, 0.29) is 5.91 Å². The maximum atomic E-state index is 12.7. The van der Waals surface area contributed by atoms with Crippen LogP contribution in [-0.2, 0) is 0 Å². The lowest BCUT2D eigenvalue weighted by molar-refractivity contribution is 0.0758. The second-order valence-corrected chi connectivity index (χ2v) is 5.37. The number of anilines is 1. The molecule has 3 nitrogen and oxygen atoms in total. The van der Waals surface area contributed by atoms with Crippen molar-refractivity contribution in [2.24, 2.45) is 5.92 Å². The summed E-state index contributed by atoms with van der Waals surface area (Å²) in [6.07, 6.45) is 2.55. The molecule has 0 saturated heterocycles. The number of carbonyl (C=O) groups is 1. The van der Waals surface area contributed by atoms with E-state index >= 15 is 0 Å². The highest BCUT2D eigenvalue weighted by molar-refractivity contribution is 5.99. The lowest BCUT2D eigenvalue weighted by Crippen LogP contribution is -2.33. The van der Waals surface area contributed by atoms with Gasteiger partial charge in [-0.05, 0) is 51.7 Å². The normalized spacial score (nSPS) is 14.3. The van der Waals surface area contributed by atoms with Gasteiger partial charge in [0.2, 0.25) is 0 Å². The Hall–Kier alpha value is -1.51. The summed E-state index contributed by atoms with van der Waals surface area (Å²) in [4.78, 5) is 14.7. The molecular formula is C16H24N2O. The zero-order valence-corrected chi connectivity index (χ0v) is 12.2. The Balaban J connectivity index is 2.21. The fraction of sp³-hybridized carbons (Fsp3) is 0.562. The first kappa shape index (κ1) is 13.9. The van der Waals surface area contributed by atoms with Crippen LogP contribution in [0.15, 0.2) is 18.2 Å². The van der Waals surface area contributed by atoms with E-state index < -0.39 is 0 Å². The minimum absolute atomic E-state index is 0.161. The maximum absolute atomic E-state index is 12.7. The van der Waals surface area contributed by atoms with E-state index in [0.717, 1.165) is 42.4 Å². The van der Waals surface area contributed by atoms with Gasteiger partial charge in [0.25, 0.3) is 5.91 Å². The van der Waals surface area contributed by atoms with E-state index in [1.54, 1.807) is 0 Å².